The van der Waals surface area contributed by atoms with Crippen molar-refractivity contribution in [1.82, 2.24) is 0 Å². The predicted molar refractivity (Wildman–Crippen MR) is 94.0 cm³/mol. The van der Waals surface area contributed by atoms with Crippen molar-refractivity contribution in [3.63, 3.8) is 0 Å². The largest absolute Gasteiger partial charge is 0.459 e. The van der Waals surface area contributed by atoms with E-state index in [-0.39, 0.29) is 6.61 Å². The molecule has 1 aliphatic rings. The summed E-state index contributed by atoms with van der Waals surface area (Å²) in [6, 6.07) is 16.9. The van der Waals surface area contributed by atoms with E-state index < -0.39 is 36.5 Å². The van der Waals surface area contributed by atoms with Gasteiger partial charge in [0.05, 0.1) is 11.1 Å². The molecular formula is C20H20O7. The van der Waals surface area contributed by atoms with Crippen LogP contribution >= 0.6 is 0 Å². The lowest BCUT2D eigenvalue weighted by molar-refractivity contribution is -0.155. The first kappa shape index (κ1) is 19.0. The summed E-state index contributed by atoms with van der Waals surface area (Å²) < 4.78 is 21.2. The monoisotopic (exact) mass is 372 g/mol. The summed E-state index contributed by atoms with van der Waals surface area (Å²) in [6.45, 7) is -0.200. The van der Waals surface area contributed by atoms with Gasteiger partial charge >= 0.3 is 11.9 Å². The molecule has 1 fully saturated rings. The SMILES string of the molecule is COC1O[C@H](COC(=O)c2ccccc2)[C@@H](O)[C@H]1OC(=O)c1ccccc1. The van der Waals surface area contributed by atoms with E-state index in [1.807, 2.05) is 0 Å². The zero-order valence-electron chi connectivity index (χ0n) is 14.7. The molecule has 1 N–H and O–H groups in total. The average molecular weight is 372 g/mol. The van der Waals surface area contributed by atoms with E-state index in [1.54, 1.807) is 60.7 Å². The van der Waals surface area contributed by atoms with E-state index in [4.69, 9.17) is 18.9 Å². The summed E-state index contributed by atoms with van der Waals surface area (Å²) in [4.78, 5) is 24.3. The quantitative estimate of drug-likeness (QED) is 0.773. The number of rotatable bonds is 6. The number of methoxy groups -OCH3 is 1. The van der Waals surface area contributed by atoms with Gasteiger partial charge in [0, 0.05) is 7.11 Å². The van der Waals surface area contributed by atoms with Crippen molar-refractivity contribution >= 4 is 11.9 Å². The summed E-state index contributed by atoms with van der Waals surface area (Å²) in [7, 11) is 1.37. The smallest absolute Gasteiger partial charge is 0.338 e. The van der Waals surface area contributed by atoms with Crippen LogP contribution in [0.5, 0.6) is 0 Å². The first-order valence-electron chi connectivity index (χ1n) is 8.44. The van der Waals surface area contributed by atoms with Gasteiger partial charge in [-0.3, -0.25) is 0 Å². The molecule has 27 heavy (non-hydrogen) atoms. The van der Waals surface area contributed by atoms with E-state index in [0.29, 0.717) is 11.1 Å². The van der Waals surface area contributed by atoms with Crippen molar-refractivity contribution in [3.8, 4) is 0 Å². The lowest BCUT2D eigenvalue weighted by Gasteiger charge is -2.19. The number of benzene rings is 2. The molecule has 2 aromatic rings. The summed E-state index contributed by atoms with van der Waals surface area (Å²) in [5.74, 6) is -1.14. The molecule has 0 aliphatic carbocycles. The highest BCUT2D eigenvalue weighted by molar-refractivity contribution is 5.89. The molecule has 1 unspecified atom stereocenters. The van der Waals surface area contributed by atoms with E-state index in [1.165, 1.54) is 7.11 Å². The van der Waals surface area contributed by atoms with Crippen LogP contribution in [0.15, 0.2) is 60.7 Å². The molecule has 1 saturated heterocycles. The number of aliphatic hydroxyl groups is 1. The van der Waals surface area contributed by atoms with Gasteiger partial charge in [0.25, 0.3) is 0 Å². The second-order valence-corrected chi connectivity index (χ2v) is 5.97. The third kappa shape index (κ3) is 4.51. The summed E-state index contributed by atoms with van der Waals surface area (Å²) in [5, 5.41) is 10.5. The topological polar surface area (TPSA) is 91.3 Å². The number of aliphatic hydroxyl groups excluding tert-OH is 1. The molecule has 4 atom stereocenters. The molecule has 7 heteroatoms. The first-order chi connectivity index (χ1) is 13.1. The fraction of sp³-hybridized carbons (Fsp3) is 0.300. The van der Waals surface area contributed by atoms with Crippen molar-refractivity contribution in [2.24, 2.45) is 0 Å². The molecule has 7 nitrogen and oxygen atoms in total. The Bertz CT molecular complexity index is 762. The fourth-order valence-electron chi connectivity index (χ4n) is 2.74. The number of carbonyl (C=O) groups excluding carboxylic acids is 2. The molecule has 0 spiro atoms. The van der Waals surface area contributed by atoms with Crippen LogP contribution in [0.2, 0.25) is 0 Å². The van der Waals surface area contributed by atoms with Crippen molar-refractivity contribution < 1.29 is 33.6 Å². The Morgan fingerprint density at radius 2 is 1.52 bits per heavy atom. The molecule has 1 heterocycles. The van der Waals surface area contributed by atoms with Crippen LogP contribution in [0.25, 0.3) is 0 Å². The Kier molecular flexibility index (Phi) is 6.18. The van der Waals surface area contributed by atoms with E-state index >= 15 is 0 Å². The van der Waals surface area contributed by atoms with Crippen LogP contribution in [0.4, 0.5) is 0 Å². The van der Waals surface area contributed by atoms with Gasteiger partial charge in [0.15, 0.2) is 12.4 Å². The second kappa shape index (κ2) is 8.77. The molecule has 0 amide bonds. The lowest BCUT2D eigenvalue weighted by Crippen LogP contribution is -2.39. The minimum Gasteiger partial charge on any atom is -0.459 e. The molecule has 0 bridgehead atoms. The minimum absolute atomic E-state index is 0.200. The number of carbonyl (C=O) groups is 2. The average Bonchev–Trinajstić information content (AvgIpc) is 3.02. The van der Waals surface area contributed by atoms with Gasteiger partial charge in [-0.1, -0.05) is 36.4 Å². The standard InChI is InChI=1S/C20H20O7/c1-24-20-17(27-19(23)14-10-6-3-7-11-14)16(21)15(26-20)12-25-18(22)13-8-4-2-5-9-13/h2-11,15-17,20-21H,12H2,1H3/t15-,16-,17-,20?/m1/s1. The highest BCUT2D eigenvalue weighted by atomic mass is 16.7. The van der Waals surface area contributed by atoms with Gasteiger partial charge in [-0.25, -0.2) is 9.59 Å². The van der Waals surface area contributed by atoms with Gasteiger partial charge in [0.2, 0.25) is 0 Å². The maximum atomic E-state index is 12.2. The summed E-state index contributed by atoms with van der Waals surface area (Å²) in [5.41, 5.74) is 0.735. The van der Waals surface area contributed by atoms with E-state index in [9.17, 15) is 14.7 Å². The summed E-state index contributed by atoms with van der Waals surface area (Å²) >= 11 is 0. The van der Waals surface area contributed by atoms with E-state index in [0.717, 1.165) is 0 Å². The number of esters is 2. The van der Waals surface area contributed by atoms with Crippen molar-refractivity contribution in [1.29, 1.82) is 0 Å². The van der Waals surface area contributed by atoms with Crippen LogP contribution in [0.1, 0.15) is 20.7 Å². The molecule has 0 radical (unpaired) electrons. The summed E-state index contributed by atoms with van der Waals surface area (Å²) in [6.07, 6.45) is -4.08. The van der Waals surface area contributed by atoms with Crippen LogP contribution in [-0.2, 0) is 18.9 Å². The van der Waals surface area contributed by atoms with Crippen LogP contribution in [0.3, 0.4) is 0 Å². The van der Waals surface area contributed by atoms with Crippen LogP contribution < -0.4 is 0 Å². The molecule has 1 aliphatic heterocycles. The van der Waals surface area contributed by atoms with Gasteiger partial charge in [-0.2, -0.15) is 0 Å². The Balaban J connectivity index is 1.60. The van der Waals surface area contributed by atoms with Gasteiger partial charge in [-0.15, -0.1) is 0 Å². The Morgan fingerprint density at radius 1 is 0.963 bits per heavy atom. The Hall–Kier alpha value is -2.74. The zero-order valence-corrected chi connectivity index (χ0v) is 14.7. The Morgan fingerprint density at radius 3 is 2.07 bits per heavy atom. The molecular weight excluding hydrogens is 352 g/mol. The predicted octanol–water partition coefficient (Wildman–Crippen LogP) is 1.80. The zero-order chi connectivity index (χ0) is 19.2. The lowest BCUT2D eigenvalue weighted by atomic mass is 10.1. The van der Waals surface area contributed by atoms with Crippen molar-refractivity contribution in [2.45, 2.75) is 24.6 Å². The van der Waals surface area contributed by atoms with Crippen LogP contribution in [0, 0.1) is 0 Å². The maximum Gasteiger partial charge on any atom is 0.338 e. The van der Waals surface area contributed by atoms with Crippen LogP contribution in [-0.4, -0.2) is 55.4 Å². The normalized spacial score (nSPS) is 24.4. The molecule has 3 rings (SSSR count). The molecule has 0 aromatic heterocycles. The van der Waals surface area contributed by atoms with Gasteiger partial charge < -0.3 is 24.1 Å². The molecule has 142 valence electrons. The minimum atomic E-state index is -1.20. The van der Waals surface area contributed by atoms with Crippen molar-refractivity contribution in [2.75, 3.05) is 13.7 Å². The third-order valence-corrected chi connectivity index (χ3v) is 4.17. The maximum absolute atomic E-state index is 12.2. The van der Waals surface area contributed by atoms with E-state index in [2.05, 4.69) is 0 Å². The third-order valence-electron chi connectivity index (χ3n) is 4.17. The Labute approximate surface area is 156 Å². The highest BCUT2D eigenvalue weighted by Crippen LogP contribution is 2.26. The van der Waals surface area contributed by atoms with Gasteiger partial charge in [0.1, 0.15) is 18.8 Å². The number of hydrogen-bond acceptors (Lipinski definition) is 7. The molecule has 0 saturated carbocycles. The van der Waals surface area contributed by atoms with Gasteiger partial charge in [-0.05, 0) is 24.3 Å². The number of ether oxygens (including phenoxy) is 4. The highest BCUT2D eigenvalue weighted by Gasteiger charge is 2.47. The fourth-order valence-corrected chi connectivity index (χ4v) is 2.74. The number of hydrogen-bond donors (Lipinski definition) is 1. The van der Waals surface area contributed by atoms with Crippen molar-refractivity contribution in [3.05, 3.63) is 71.8 Å². The second-order valence-electron chi connectivity index (χ2n) is 5.97. The first-order valence-corrected chi connectivity index (χ1v) is 8.44. The molecule has 2 aromatic carbocycles.